The summed E-state index contributed by atoms with van der Waals surface area (Å²) in [7, 11) is -2.39. The smallest absolute Gasteiger partial charge is 0.244 e. The molecule has 186 valence electrons. The molecule has 34 heavy (non-hydrogen) atoms. The maximum atomic E-state index is 13.7. The molecule has 0 aromatic heterocycles. The van der Waals surface area contributed by atoms with Crippen LogP contribution in [0.15, 0.2) is 48.5 Å². The highest BCUT2D eigenvalue weighted by Gasteiger charge is 2.32. The highest BCUT2D eigenvalue weighted by molar-refractivity contribution is 7.92. The van der Waals surface area contributed by atoms with Crippen LogP contribution in [0.4, 0.5) is 5.69 Å². The lowest BCUT2D eigenvalue weighted by atomic mass is 10.1. The van der Waals surface area contributed by atoms with Gasteiger partial charge in [0.1, 0.15) is 18.3 Å². The average Bonchev–Trinajstić information content (AvgIpc) is 2.77. The number of nitrogens with one attached hydrogen (secondary N) is 1. The zero-order chi connectivity index (χ0) is 25.5. The molecule has 0 radical (unpaired) electrons. The van der Waals surface area contributed by atoms with Crippen molar-refractivity contribution in [1.29, 1.82) is 0 Å². The highest BCUT2D eigenvalue weighted by atomic mass is 32.2. The first-order chi connectivity index (χ1) is 16.0. The van der Waals surface area contributed by atoms with E-state index in [1.807, 2.05) is 52.0 Å². The van der Waals surface area contributed by atoms with Gasteiger partial charge in [-0.15, -0.1) is 0 Å². The number of hydrogen-bond donors (Lipinski definition) is 1. The van der Waals surface area contributed by atoms with Gasteiger partial charge in [0.15, 0.2) is 0 Å². The van der Waals surface area contributed by atoms with E-state index < -0.39 is 28.5 Å². The van der Waals surface area contributed by atoms with Gasteiger partial charge in [-0.05, 0) is 50.5 Å². The quantitative estimate of drug-likeness (QED) is 0.523. The average molecular weight is 490 g/mol. The molecule has 0 fully saturated rings. The second kappa shape index (κ2) is 11.9. The molecule has 0 saturated heterocycles. The van der Waals surface area contributed by atoms with Crippen LogP contribution in [0, 0.1) is 6.92 Å². The van der Waals surface area contributed by atoms with Gasteiger partial charge >= 0.3 is 0 Å². The van der Waals surface area contributed by atoms with E-state index >= 15 is 0 Å². The number of para-hydroxylation sites is 2. The van der Waals surface area contributed by atoms with E-state index in [9.17, 15) is 18.0 Å². The molecule has 0 aliphatic carbocycles. The summed E-state index contributed by atoms with van der Waals surface area (Å²) in [4.78, 5) is 28.1. The molecule has 2 amide bonds. The number of rotatable bonds is 11. The molecule has 2 rings (SSSR count). The summed E-state index contributed by atoms with van der Waals surface area (Å²) in [6, 6.07) is 13.4. The Morgan fingerprint density at radius 3 is 2.24 bits per heavy atom. The van der Waals surface area contributed by atoms with Gasteiger partial charge in [-0.25, -0.2) is 8.42 Å². The van der Waals surface area contributed by atoms with E-state index in [4.69, 9.17) is 4.74 Å². The first-order valence-electron chi connectivity index (χ1n) is 11.2. The van der Waals surface area contributed by atoms with Gasteiger partial charge in [0, 0.05) is 12.6 Å². The van der Waals surface area contributed by atoms with Crippen molar-refractivity contribution < 1.29 is 22.7 Å². The predicted octanol–water partition coefficient (Wildman–Crippen LogP) is 3.10. The lowest BCUT2D eigenvalue weighted by Gasteiger charge is -2.33. The number of benzene rings is 2. The first kappa shape index (κ1) is 27.2. The molecular formula is C25H35N3O5S. The number of methoxy groups -OCH3 is 1. The lowest BCUT2D eigenvalue weighted by molar-refractivity contribution is -0.140. The van der Waals surface area contributed by atoms with Crippen LogP contribution in [0.3, 0.4) is 0 Å². The Balaban J connectivity index is 2.49. The van der Waals surface area contributed by atoms with Crippen LogP contribution in [-0.2, 0) is 26.2 Å². The van der Waals surface area contributed by atoms with E-state index in [1.54, 1.807) is 24.3 Å². The van der Waals surface area contributed by atoms with Crippen LogP contribution in [0.5, 0.6) is 5.75 Å². The second-order valence-corrected chi connectivity index (χ2v) is 10.4. The van der Waals surface area contributed by atoms with Crippen molar-refractivity contribution in [2.75, 3.05) is 24.2 Å². The second-order valence-electron chi connectivity index (χ2n) is 8.48. The minimum Gasteiger partial charge on any atom is -0.495 e. The van der Waals surface area contributed by atoms with Crippen molar-refractivity contribution in [3.63, 3.8) is 0 Å². The minimum absolute atomic E-state index is 0.0990. The van der Waals surface area contributed by atoms with Crippen molar-refractivity contribution in [1.82, 2.24) is 10.2 Å². The molecule has 0 spiro atoms. The van der Waals surface area contributed by atoms with E-state index in [-0.39, 0.29) is 24.2 Å². The molecule has 0 aliphatic heterocycles. The van der Waals surface area contributed by atoms with Crippen molar-refractivity contribution in [3.05, 3.63) is 59.7 Å². The van der Waals surface area contributed by atoms with Gasteiger partial charge in [0.2, 0.25) is 21.8 Å². The summed E-state index contributed by atoms with van der Waals surface area (Å²) in [6.07, 6.45) is 1.42. The molecule has 8 nitrogen and oxygen atoms in total. The lowest BCUT2D eigenvalue weighted by Crippen LogP contribution is -2.53. The van der Waals surface area contributed by atoms with Crippen molar-refractivity contribution in [2.24, 2.45) is 0 Å². The van der Waals surface area contributed by atoms with Gasteiger partial charge in [-0.3, -0.25) is 13.9 Å². The molecule has 9 heteroatoms. The Morgan fingerprint density at radius 2 is 1.68 bits per heavy atom. The van der Waals surface area contributed by atoms with E-state index in [1.165, 1.54) is 12.0 Å². The maximum absolute atomic E-state index is 13.7. The molecule has 2 aromatic rings. The molecule has 1 atom stereocenters. The molecule has 2 aromatic carbocycles. The third-order valence-electron chi connectivity index (χ3n) is 5.45. The fourth-order valence-electron chi connectivity index (χ4n) is 3.70. The summed E-state index contributed by atoms with van der Waals surface area (Å²) in [5.74, 6) is -0.427. The third-order valence-corrected chi connectivity index (χ3v) is 6.58. The van der Waals surface area contributed by atoms with Crippen molar-refractivity contribution in [2.45, 2.75) is 52.7 Å². The van der Waals surface area contributed by atoms with Crippen LogP contribution in [0.2, 0.25) is 0 Å². The van der Waals surface area contributed by atoms with E-state index in [0.717, 1.165) is 21.7 Å². The fraction of sp³-hybridized carbons (Fsp3) is 0.440. The zero-order valence-corrected chi connectivity index (χ0v) is 21.6. The summed E-state index contributed by atoms with van der Waals surface area (Å²) in [6.45, 7) is 7.19. The first-order valence-corrected chi connectivity index (χ1v) is 13.1. The molecule has 0 saturated carbocycles. The number of hydrogen-bond acceptors (Lipinski definition) is 5. The molecule has 1 N–H and O–H groups in total. The Morgan fingerprint density at radius 1 is 1.06 bits per heavy atom. The van der Waals surface area contributed by atoms with E-state index in [2.05, 4.69) is 5.32 Å². The number of carbonyl (C=O) groups is 2. The maximum Gasteiger partial charge on any atom is 0.244 e. The predicted molar refractivity (Wildman–Crippen MR) is 134 cm³/mol. The van der Waals surface area contributed by atoms with Gasteiger partial charge in [0.25, 0.3) is 0 Å². The summed E-state index contributed by atoms with van der Waals surface area (Å²) in [5.41, 5.74) is 2.12. The molecular weight excluding hydrogens is 454 g/mol. The Bertz CT molecular complexity index is 1100. The SMILES string of the molecule is CCC(C(=O)NC(C)C)N(Cc1ccccc1C)C(=O)CN(c1ccccc1OC)S(C)(=O)=O. The van der Waals surface area contributed by atoms with Gasteiger partial charge < -0.3 is 15.0 Å². The topological polar surface area (TPSA) is 96.0 Å². The Labute approximate surface area is 202 Å². The van der Waals surface area contributed by atoms with Crippen LogP contribution >= 0.6 is 0 Å². The number of sulfonamides is 1. The number of anilines is 1. The monoisotopic (exact) mass is 489 g/mol. The Kier molecular flexibility index (Phi) is 9.49. The molecule has 0 bridgehead atoms. The number of amides is 2. The summed E-state index contributed by atoms with van der Waals surface area (Å²) in [5, 5.41) is 2.88. The number of ether oxygens (including phenoxy) is 1. The summed E-state index contributed by atoms with van der Waals surface area (Å²) < 4.78 is 31.8. The van der Waals surface area contributed by atoms with E-state index in [0.29, 0.717) is 12.2 Å². The molecule has 1 unspecified atom stereocenters. The largest absolute Gasteiger partial charge is 0.495 e. The highest BCUT2D eigenvalue weighted by Crippen LogP contribution is 2.29. The zero-order valence-electron chi connectivity index (χ0n) is 20.7. The normalized spacial score (nSPS) is 12.2. The van der Waals surface area contributed by atoms with Crippen molar-refractivity contribution >= 4 is 27.5 Å². The number of aryl methyl sites for hydroxylation is 1. The van der Waals surface area contributed by atoms with Gasteiger partial charge in [0.05, 0.1) is 19.1 Å². The number of nitrogens with zero attached hydrogens (tertiary/aromatic N) is 2. The fourth-order valence-corrected chi connectivity index (χ4v) is 4.55. The van der Waals surface area contributed by atoms with Gasteiger partial charge in [-0.2, -0.15) is 0 Å². The Hall–Kier alpha value is -3.07. The van der Waals surface area contributed by atoms with Crippen LogP contribution in [0.25, 0.3) is 0 Å². The summed E-state index contributed by atoms with van der Waals surface area (Å²) >= 11 is 0. The van der Waals surface area contributed by atoms with Crippen LogP contribution in [-0.4, -0.2) is 57.1 Å². The van der Waals surface area contributed by atoms with Gasteiger partial charge in [-0.1, -0.05) is 43.3 Å². The minimum atomic E-state index is -3.83. The standard InChI is InChI=1S/C25H35N3O5S/c1-7-21(25(30)26-18(2)3)27(16-20-13-9-8-12-19(20)4)24(29)17-28(34(6,31)32)22-14-10-11-15-23(22)33-5/h8-15,18,21H,7,16-17H2,1-6H3,(H,26,30). The third kappa shape index (κ3) is 6.96. The molecule has 0 heterocycles. The van der Waals surface area contributed by atoms with Crippen molar-refractivity contribution in [3.8, 4) is 5.75 Å². The van der Waals surface area contributed by atoms with Crippen LogP contribution in [0.1, 0.15) is 38.3 Å². The molecule has 0 aliphatic rings. The number of carbonyl (C=O) groups excluding carboxylic acids is 2. The van der Waals surface area contributed by atoms with Crippen LogP contribution < -0.4 is 14.4 Å².